The molecule has 1 N–H and O–H groups in total. The molecule has 0 saturated heterocycles. The summed E-state index contributed by atoms with van der Waals surface area (Å²) in [5, 5.41) is 11.7. The van der Waals surface area contributed by atoms with Crippen molar-refractivity contribution in [3.05, 3.63) is 29.2 Å². The number of hydrogen-bond donors (Lipinski definition) is 1. The minimum atomic E-state index is -2.98. The van der Waals surface area contributed by atoms with Crippen molar-refractivity contribution in [2.24, 2.45) is 0 Å². The van der Waals surface area contributed by atoms with Crippen LogP contribution in [0.15, 0.2) is 18.3 Å². The van der Waals surface area contributed by atoms with Crippen LogP contribution < -0.4 is 5.32 Å². The maximum Gasteiger partial charge on any atom is 0.179 e. The quantitative estimate of drug-likeness (QED) is 0.810. The van der Waals surface area contributed by atoms with Gasteiger partial charge in [0.1, 0.15) is 0 Å². The Kier molecular flexibility index (Phi) is 4.65. The summed E-state index contributed by atoms with van der Waals surface area (Å²) in [6.07, 6.45) is 5.53. The summed E-state index contributed by atoms with van der Waals surface area (Å²) in [4.78, 5) is 0. The molecular formula is C14H19ClN4O2S. The molecule has 0 amide bonds. The summed E-state index contributed by atoms with van der Waals surface area (Å²) in [7, 11) is -2.98. The van der Waals surface area contributed by atoms with Crippen LogP contribution in [0.3, 0.4) is 0 Å². The minimum absolute atomic E-state index is 0.137. The number of nitrogens with one attached hydrogen (secondary N) is 1. The fourth-order valence-corrected chi connectivity index (χ4v) is 4.90. The first-order valence-corrected chi connectivity index (χ1v) is 9.58. The number of sulfone groups is 1. The summed E-state index contributed by atoms with van der Waals surface area (Å²) in [6, 6.07) is 3.59. The first kappa shape index (κ1) is 15.7. The van der Waals surface area contributed by atoms with E-state index in [1.54, 1.807) is 10.5 Å². The minimum Gasteiger partial charge on any atom is -0.309 e. The Bertz CT molecular complexity index is 753. The number of nitrogens with zero attached hydrogens (tertiary/aromatic N) is 3. The Morgan fingerprint density at radius 3 is 2.86 bits per heavy atom. The van der Waals surface area contributed by atoms with Crippen molar-refractivity contribution in [3.8, 4) is 0 Å². The van der Waals surface area contributed by atoms with Crippen molar-refractivity contribution >= 4 is 27.1 Å². The molecule has 6 nitrogen and oxygen atoms in total. The second-order valence-electron chi connectivity index (χ2n) is 5.62. The molecule has 0 atom stereocenters. The SMILES string of the molecule is O=S(=O)(CCNCc1nnc2c(Cl)cccn12)C1CCCC1. The Hall–Kier alpha value is -1.18. The zero-order valence-electron chi connectivity index (χ0n) is 12.2. The number of rotatable bonds is 6. The van der Waals surface area contributed by atoms with Crippen molar-refractivity contribution < 1.29 is 8.42 Å². The van der Waals surface area contributed by atoms with E-state index in [4.69, 9.17) is 11.6 Å². The molecule has 1 saturated carbocycles. The van der Waals surface area contributed by atoms with Gasteiger partial charge in [0.05, 0.1) is 22.6 Å². The van der Waals surface area contributed by atoms with E-state index in [0.717, 1.165) is 31.5 Å². The Morgan fingerprint density at radius 2 is 2.09 bits per heavy atom. The molecule has 1 aliphatic rings. The van der Waals surface area contributed by atoms with Gasteiger partial charge in [-0.2, -0.15) is 0 Å². The lowest BCUT2D eigenvalue weighted by Crippen LogP contribution is -2.29. The van der Waals surface area contributed by atoms with E-state index in [0.29, 0.717) is 23.8 Å². The van der Waals surface area contributed by atoms with Crippen LogP contribution in [-0.2, 0) is 16.4 Å². The highest BCUT2D eigenvalue weighted by Crippen LogP contribution is 2.24. The molecule has 2 aromatic heterocycles. The highest BCUT2D eigenvalue weighted by atomic mass is 35.5. The van der Waals surface area contributed by atoms with Gasteiger partial charge in [0.25, 0.3) is 0 Å². The van der Waals surface area contributed by atoms with Crippen LogP contribution >= 0.6 is 11.6 Å². The molecule has 2 heterocycles. The molecule has 22 heavy (non-hydrogen) atoms. The van der Waals surface area contributed by atoms with E-state index in [-0.39, 0.29) is 11.0 Å². The van der Waals surface area contributed by atoms with Gasteiger partial charge in [-0.05, 0) is 25.0 Å². The number of halogens is 1. The fraction of sp³-hybridized carbons (Fsp3) is 0.571. The molecule has 8 heteroatoms. The third kappa shape index (κ3) is 3.26. The highest BCUT2D eigenvalue weighted by Gasteiger charge is 2.27. The van der Waals surface area contributed by atoms with Gasteiger partial charge in [-0.25, -0.2) is 8.42 Å². The van der Waals surface area contributed by atoms with Crippen LogP contribution in [0.4, 0.5) is 0 Å². The van der Waals surface area contributed by atoms with Crippen LogP contribution in [0.2, 0.25) is 5.02 Å². The van der Waals surface area contributed by atoms with Gasteiger partial charge < -0.3 is 5.32 Å². The average molecular weight is 343 g/mol. The predicted molar refractivity (Wildman–Crippen MR) is 85.7 cm³/mol. The molecule has 3 rings (SSSR count). The van der Waals surface area contributed by atoms with Gasteiger partial charge in [0, 0.05) is 12.7 Å². The topological polar surface area (TPSA) is 76.4 Å². The van der Waals surface area contributed by atoms with Crippen LogP contribution in [0, 0.1) is 0 Å². The van der Waals surface area contributed by atoms with Crippen molar-refractivity contribution in [1.29, 1.82) is 0 Å². The summed E-state index contributed by atoms with van der Waals surface area (Å²) in [5.74, 6) is 0.894. The summed E-state index contributed by atoms with van der Waals surface area (Å²) in [5.41, 5.74) is 0.611. The van der Waals surface area contributed by atoms with Gasteiger partial charge in [-0.3, -0.25) is 4.40 Å². The molecule has 0 radical (unpaired) electrons. The molecule has 0 unspecified atom stereocenters. The summed E-state index contributed by atoms with van der Waals surface area (Å²) in [6.45, 7) is 0.885. The average Bonchev–Trinajstić information content (AvgIpc) is 3.14. The van der Waals surface area contributed by atoms with Gasteiger partial charge in [0.2, 0.25) is 0 Å². The van der Waals surface area contributed by atoms with Crippen molar-refractivity contribution in [2.45, 2.75) is 37.5 Å². The maximum atomic E-state index is 12.2. The molecule has 0 spiro atoms. The molecular weight excluding hydrogens is 324 g/mol. The lowest BCUT2D eigenvalue weighted by atomic mass is 10.4. The standard InChI is InChI=1S/C14H19ClN4O2S/c15-12-6-3-8-19-13(17-18-14(12)19)10-16-7-9-22(20,21)11-4-1-2-5-11/h3,6,8,11,16H,1-2,4-5,7,9-10H2. The monoisotopic (exact) mass is 342 g/mol. The Morgan fingerprint density at radius 1 is 1.32 bits per heavy atom. The maximum absolute atomic E-state index is 12.2. The normalized spacial score (nSPS) is 16.6. The number of pyridine rings is 1. The van der Waals surface area contributed by atoms with E-state index in [1.807, 2.05) is 12.3 Å². The third-order valence-electron chi connectivity index (χ3n) is 4.11. The molecule has 0 aliphatic heterocycles. The summed E-state index contributed by atoms with van der Waals surface area (Å²) >= 11 is 6.04. The van der Waals surface area contributed by atoms with E-state index in [1.165, 1.54) is 0 Å². The highest BCUT2D eigenvalue weighted by molar-refractivity contribution is 7.92. The number of fused-ring (bicyclic) bond motifs is 1. The van der Waals surface area contributed by atoms with Crippen LogP contribution in [0.1, 0.15) is 31.5 Å². The van der Waals surface area contributed by atoms with Crippen molar-refractivity contribution in [3.63, 3.8) is 0 Å². The second-order valence-corrected chi connectivity index (χ2v) is 8.42. The summed E-state index contributed by atoms with van der Waals surface area (Å²) < 4.78 is 26.1. The molecule has 2 aromatic rings. The molecule has 1 fully saturated rings. The lowest BCUT2D eigenvalue weighted by molar-refractivity contribution is 0.573. The van der Waals surface area contributed by atoms with Crippen LogP contribution in [-0.4, -0.2) is 40.6 Å². The smallest absolute Gasteiger partial charge is 0.179 e. The van der Waals surface area contributed by atoms with Gasteiger partial charge in [-0.15, -0.1) is 10.2 Å². The first-order chi connectivity index (χ1) is 10.6. The fourth-order valence-electron chi connectivity index (χ4n) is 2.88. The Labute approximate surface area is 134 Å². The van der Waals surface area contributed by atoms with Gasteiger partial charge >= 0.3 is 0 Å². The molecule has 1 aliphatic carbocycles. The van der Waals surface area contributed by atoms with E-state index in [9.17, 15) is 8.42 Å². The molecule has 120 valence electrons. The largest absolute Gasteiger partial charge is 0.309 e. The second kappa shape index (κ2) is 6.52. The van der Waals surface area contributed by atoms with E-state index >= 15 is 0 Å². The lowest BCUT2D eigenvalue weighted by Gasteiger charge is -2.11. The van der Waals surface area contributed by atoms with Crippen molar-refractivity contribution in [2.75, 3.05) is 12.3 Å². The van der Waals surface area contributed by atoms with E-state index < -0.39 is 9.84 Å². The number of hydrogen-bond acceptors (Lipinski definition) is 5. The first-order valence-electron chi connectivity index (χ1n) is 7.48. The zero-order valence-corrected chi connectivity index (χ0v) is 13.8. The third-order valence-corrected chi connectivity index (χ3v) is 6.67. The van der Waals surface area contributed by atoms with Gasteiger partial charge in [0.15, 0.2) is 21.3 Å². The Balaban J connectivity index is 1.55. The van der Waals surface area contributed by atoms with Gasteiger partial charge in [-0.1, -0.05) is 24.4 Å². The molecule has 0 bridgehead atoms. The predicted octanol–water partition coefficient (Wildman–Crippen LogP) is 1.83. The number of aromatic nitrogens is 3. The van der Waals surface area contributed by atoms with Crippen LogP contribution in [0.25, 0.3) is 5.65 Å². The van der Waals surface area contributed by atoms with Crippen LogP contribution in [0.5, 0.6) is 0 Å². The zero-order chi connectivity index (χ0) is 15.6. The van der Waals surface area contributed by atoms with E-state index in [2.05, 4.69) is 15.5 Å². The van der Waals surface area contributed by atoms with Crippen molar-refractivity contribution in [1.82, 2.24) is 19.9 Å². The molecule has 0 aromatic carbocycles.